The molecule has 0 radical (unpaired) electrons. The van der Waals surface area contributed by atoms with Crippen molar-refractivity contribution in [1.29, 1.82) is 0 Å². The summed E-state index contributed by atoms with van der Waals surface area (Å²) in [7, 11) is 0. The molecule has 0 N–H and O–H groups in total. The minimum absolute atomic E-state index is 0.0679. The fraction of sp³-hybridized carbons (Fsp3) is 0.385. The number of carbonyl (C=O) groups excluding carboxylic acids is 1. The highest BCUT2D eigenvalue weighted by Crippen LogP contribution is 2.36. The average Bonchev–Trinajstić information content (AvgIpc) is 3.03. The first-order valence-electron chi connectivity index (χ1n) is 11.1. The van der Waals surface area contributed by atoms with Gasteiger partial charge in [0, 0.05) is 0 Å². The van der Waals surface area contributed by atoms with Crippen LogP contribution in [0.3, 0.4) is 0 Å². The highest BCUT2D eigenvalue weighted by molar-refractivity contribution is 8.27. The summed E-state index contributed by atoms with van der Waals surface area (Å²) >= 11 is 6.84. The van der Waals surface area contributed by atoms with E-state index < -0.39 is 0 Å². The Balaban J connectivity index is 1.57. The highest BCUT2D eigenvalue weighted by atomic mass is 32.2. The summed E-state index contributed by atoms with van der Waals surface area (Å²) in [6, 6.07) is 13.9. The number of benzene rings is 2. The van der Waals surface area contributed by atoms with E-state index in [1.807, 2.05) is 55.5 Å². The van der Waals surface area contributed by atoms with Crippen LogP contribution in [0.15, 0.2) is 47.4 Å². The zero-order valence-corrected chi connectivity index (χ0v) is 20.3. The maximum Gasteiger partial charge on any atom is 0.270 e. The Bertz CT molecular complexity index is 950. The van der Waals surface area contributed by atoms with Gasteiger partial charge in [-0.25, -0.2) is 0 Å². The molecule has 0 unspecified atom stereocenters. The third-order valence-corrected chi connectivity index (χ3v) is 6.79. The number of hydrogen-bond donors (Lipinski definition) is 0. The van der Waals surface area contributed by atoms with Crippen LogP contribution in [0.1, 0.15) is 62.1 Å². The number of anilines is 1. The van der Waals surface area contributed by atoms with Gasteiger partial charge in [0.1, 0.15) is 5.75 Å². The Morgan fingerprint density at radius 3 is 2.39 bits per heavy atom. The minimum atomic E-state index is -0.0679. The second kappa shape index (κ2) is 11.5. The zero-order valence-electron chi connectivity index (χ0n) is 18.6. The molecular formula is C26H31NO2S2. The number of thiocarbonyl (C=S) groups is 1. The van der Waals surface area contributed by atoms with E-state index in [1.54, 1.807) is 4.90 Å². The standard InChI is InChI=1S/C26H31NO2S2/c1-4-5-6-7-8-9-16-29-23-14-11-21(12-15-23)18-24-25(28)27(26(30)31-24)22-13-10-19(2)20(3)17-22/h10-15,17-18H,4-9,16H2,1-3H3/b24-18+. The quantitative estimate of drug-likeness (QED) is 0.212. The normalized spacial score (nSPS) is 15.2. The lowest BCUT2D eigenvalue weighted by molar-refractivity contribution is -0.113. The van der Waals surface area contributed by atoms with E-state index in [0.717, 1.165) is 35.6 Å². The van der Waals surface area contributed by atoms with E-state index in [-0.39, 0.29) is 5.91 Å². The first kappa shape index (κ1) is 23.6. The SMILES string of the molecule is CCCCCCCCOc1ccc(/C=C2/SC(=S)N(c3ccc(C)c(C)c3)C2=O)cc1. The van der Waals surface area contributed by atoms with Gasteiger partial charge in [-0.05, 0) is 67.3 Å². The maximum absolute atomic E-state index is 13.0. The predicted octanol–water partition coefficient (Wildman–Crippen LogP) is 7.45. The van der Waals surface area contributed by atoms with Gasteiger partial charge in [0.2, 0.25) is 0 Å². The van der Waals surface area contributed by atoms with Gasteiger partial charge in [-0.1, -0.05) is 81.2 Å². The fourth-order valence-corrected chi connectivity index (χ4v) is 4.74. The monoisotopic (exact) mass is 453 g/mol. The predicted molar refractivity (Wildman–Crippen MR) is 137 cm³/mol. The molecule has 1 heterocycles. The molecule has 1 saturated heterocycles. The van der Waals surface area contributed by atoms with Crippen molar-refractivity contribution in [3.05, 3.63) is 64.1 Å². The molecule has 0 saturated carbocycles. The molecule has 1 fully saturated rings. The van der Waals surface area contributed by atoms with Crippen molar-refractivity contribution in [3.8, 4) is 5.75 Å². The second-order valence-electron chi connectivity index (χ2n) is 7.97. The largest absolute Gasteiger partial charge is 0.494 e. The van der Waals surface area contributed by atoms with Crippen LogP contribution >= 0.6 is 24.0 Å². The van der Waals surface area contributed by atoms with Crippen molar-refractivity contribution >= 4 is 46.0 Å². The van der Waals surface area contributed by atoms with Gasteiger partial charge in [0.05, 0.1) is 17.2 Å². The third-order valence-electron chi connectivity index (χ3n) is 5.49. The third kappa shape index (κ3) is 6.44. The van der Waals surface area contributed by atoms with Crippen molar-refractivity contribution in [2.75, 3.05) is 11.5 Å². The van der Waals surface area contributed by atoms with Crippen LogP contribution in [0.5, 0.6) is 5.75 Å². The van der Waals surface area contributed by atoms with Crippen LogP contribution in [0.2, 0.25) is 0 Å². The van der Waals surface area contributed by atoms with Crippen LogP contribution in [0, 0.1) is 13.8 Å². The molecule has 2 aromatic carbocycles. The Morgan fingerprint density at radius 2 is 1.68 bits per heavy atom. The molecule has 5 heteroatoms. The van der Waals surface area contributed by atoms with Gasteiger partial charge in [-0.15, -0.1) is 0 Å². The fourth-order valence-electron chi connectivity index (χ4n) is 3.44. The van der Waals surface area contributed by atoms with Crippen LogP contribution in [0.25, 0.3) is 6.08 Å². The smallest absolute Gasteiger partial charge is 0.270 e. The number of thioether (sulfide) groups is 1. The molecular weight excluding hydrogens is 422 g/mol. The molecule has 1 aliphatic rings. The van der Waals surface area contributed by atoms with E-state index >= 15 is 0 Å². The molecule has 0 aromatic heterocycles. The number of rotatable bonds is 10. The zero-order chi connectivity index (χ0) is 22.2. The maximum atomic E-state index is 13.0. The molecule has 1 aliphatic heterocycles. The molecule has 0 atom stereocenters. The molecule has 3 rings (SSSR count). The van der Waals surface area contributed by atoms with E-state index in [2.05, 4.69) is 13.8 Å². The lowest BCUT2D eigenvalue weighted by atomic mass is 10.1. The summed E-state index contributed by atoms with van der Waals surface area (Å²) in [6.45, 7) is 7.09. The van der Waals surface area contributed by atoms with Crippen LogP contribution in [-0.4, -0.2) is 16.8 Å². The summed E-state index contributed by atoms with van der Waals surface area (Å²) in [6.07, 6.45) is 9.42. The number of nitrogens with zero attached hydrogens (tertiary/aromatic N) is 1. The van der Waals surface area contributed by atoms with Crippen LogP contribution < -0.4 is 9.64 Å². The van der Waals surface area contributed by atoms with E-state index in [9.17, 15) is 4.79 Å². The summed E-state index contributed by atoms with van der Waals surface area (Å²) in [5.74, 6) is 0.801. The van der Waals surface area contributed by atoms with E-state index in [0.29, 0.717) is 9.23 Å². The lowest BCUT2D eigenvalue weighted by Gasteiger charge is -2.15. The van der Waals surface area contributed by atoms with Gasteiger partial charge in [-0.2, -0.15) is 0 Å². The summed E-state index contributed by atoms with van der Waals surface area (Å²) < 4.78 is 6.42. The Labute approximate surface area is 195 Å². The molecule has 0 spiro atoms. The van der Waals surface area contributed by atoms with Crippen LogP contribution in [0.4, 0.5) is 5.69 Å². The number of amides is 1. The molecule has 2 aromatic rings. The Kier molecular flexibility index (Phi) is 8.73. The van der Waals surface area contributed by atoms with Crippen molar-refractivity contribution in [3.63, 3.8) is 0 Å². The number of ether oxygens (including phenoxy) is 1. The molecule has 164 valence electrons. The Hall–Kier alpha value is -2.11. The van der Waals surface area contributed by atoms with Crippen LogP contribution in [-0.2, 0) is 4.79 Å². The van der Waals surface area contributed by atoms with E-state index in [4.69, 9.17) is 17.0 Å². The molecule has 3 nitrogen and oxygen atoms in total. The van der Waals surface area contributed by atoms with Gasteiger partial charge >= 0.3 is 0 Å². The Morgan fingerprint density at radius 1 is 0.968 bits per heavy atom. The topological polar surface area (TPSA) is 29.5 Å². The number of carbonyl (C=O) groups is 1. The summed E-state index contributed by atoms with van der Waals surface area (Å²) in [5, 5.41) is 0. The van der Waals surface area contributed by atoms with E-state index in [1.165, 1.54) is 49.4 Å². The summed E-state index contributed by atoms with van der Waals surface area (Å²) in [4.78, 5) is 15.2. The highest BCUT2D eigenvalue weighted by Gasteiger charge is 2.33. The number of unbranched alkanes of at least 4 members (excludes halogenated alkanes) is 5. The first-order chi connectivity index (χ1) is 15.0. The van der Waals surface area contributed by atoms with Gasteiger partial charge in [0.15, 0.2) is 4.32 Å². The van der Waals surface area contributed by atoms with Crippen molar-refractivity contribution in [2.45, 2.75) is 59.3 Å². The number of hydrogen-bond acceptors (Lipinski definition) is 4. The number of aryl methyl sites for hydroxylation is 2. The molecule has 0 aliphatic carbocycles. The first-order valence-corrected chi connectivity index (χ1v) is 12.3. The molecule has 1 amide bonds. The van der Waals surface area contributed by atoms with Gasteiger partial charge in [0.25, 0.3) is 5.91 Å². The van der Waals surface area contributed by atoms with Gasteiger partial charge in [-0.3, -0.25) is 9.69 Å². The molecule has 31 heavy (non-hydrogen) atoms. The average molecular weight is 454 g/mol. The second-order valence-corrected chi connectivity index (χ2v) is 9.65. The van der Waals surface area contributed by atoms with Crippen molar-refractivity contribution < 1.29 is 9.53 Å². The van der Waals surface area contributed by atoms with Crippen molar-refractivity contribution in [1.82, 2.24) is 0 Å². The summed E-state index contributed by atoms with van der Waals surface area (Å²) in [5.41, 5.74) is 4.13. The molecule has 0 bridgehead atoms. The minimum Gasteiger partial charge on any atom is -0.494 e. The lowest BCUT2D eigenvalue weighted by Crippen LogP contribution is -2.27. The van der Waals surface area contributed by atoms with Gasteiger partial charge < -0.3 is 4.74 Å². The van der Waals surface area contributed by atoms with Crippen molar-refractivity contribution in [2.24, 2.45) is 0 Å².